The number of pyridine rings is 1. The molecule has 4 heterocycles. The maximum absolute atomic E-state index is 14.8. The molecule has 7 nitrogen and oxygen atoms in total. The van der Waals surface area contributed by atoms with Crippen LogP contribution < -0.4 is 5.69 Å². The second kappa shape index (κ2) is 6.91. The molecule has 8 heteroatoms. The molecule has 0 radical (unpaired) electrons. The van der Waals surface area contributed by atoms with Gasteiger partial charge in [-0.15, -0.1) is 5.10 Å². The predicted molar refractivity (Wildman–Crippen MR) is 122 cm³/mol. The van der Waals surface area contributed by atoms with E-state index in [2.05, 4.69) is 15.1 Å². The van der Waals surface area contributed by atoms with Crippen LogP contribution >= 0.6 is 0 Å². The Hall–Kier alpha value is -3.68. The molecule has 1 saturated carbocycles. The standard InChI is InChI=1S/C24H23FN6O/c1-29-13-16(22(25)28-29)20-18(14-8-4-3-5-9-14)19-21-17(12-26-23(19)27-20)30(2)24(32)31(21)15-10-6-7-11-15/h3-5,8-9,12-13,15H,6-7,10-11H2,1-2H3,(H,26,27). The van der Waals surface area contributed by atoms with E-state index in [9.17, 15) is 9.18 Å². The molecule has 1 aliphatic rings. The molecule has 0 spiro atoms. The van der Waals surface area contributed by atoms with Crippen LogP contribution in [0.15, 0.2) is 47.5 Å². The molecule has 32 heavy (non-hydrogen) atoms. The Balaban J connectivity index is 1.80. The molecule has 0 unspecified atom stereocenters. The Morgan fingerprint density at radius 2 is 1.88 bits per heavy atom. The fourth-order valence-electron chi connectivity index (χ4n) is 5.20. The average Bonchev–Trinajstić information content (AvgIpc) is 3.55. The van der Waals surface area contributed by atoms with Gasteiger partial charge in [0.05, 0.1) is 33.9 Å². The van der Waals surface area contributed by atoms with Crippen LogP contribution in [-0.4, -0.2) is 28.9 Å². The fraction of sp³-hybridized carbons (Fsp3) is 0.292. The molecule has 1 aliphatic carbocycles. The Morgan fingerprint density at radius 1 is 1.12 bits per heavy atom. The maximum Gasteiger partial charge on any atom is 0.329 e. The summed E-state index contributed by atoms with van der Waals surface area (Å²) in [4.78, 5) is 21.3. The van der Waals surface area contributed by atoms with Crippen LogP contribution in [-0.2, 0) is 14.1 Å². The number of benzene rings is 1. The Labute approximate surface area is 183 Å². The van der Waals surface area contributed by atoms with Crippen LogP contribution in [0.4, 0.5) is 4.39 Å². The van der Waals surface area contributed by atoms with Gasteiger partial charge in [-0.05, 0) is 18.4 Å². The first-order valence-electron chi connectivity index (χ1n) is 10.9. The van der Waals surface area contributed by atoms with E-state index < -0.39 is 5.95 Å². The number of aryl methyl sites for hydroxylation is 2. The Kier molecular flexibility index (Phi) is 4.11. The molecule has 0 atom stereocenters. The molecule has 1 N–H and O–H groups in total. The Bertz CT molecular complexity index is 1530. The first kappa shape index (κ1) is 19.0. The average molecular weight is 430 g/mol. The minimum atomic E-state index is -0.547. The van der Waals surface area contributed by atoms with Crippen molar-refractivity contribution < 1.29 is 4.39 Å². The van der Waals surface area contributed by atoms with E-state index in [4.69, 9.17) is 0 Å². The number of rotatable bonds is 3. The van der Waals surface area contributed by atoms with Crippen molar-refractivity contribution in [1.82, 2.24) is 28.9 Å². The van der Waals surface area contributed by atoms with Crippen LogP contribution in [0.25, 0.3) is 44.5 Å². The van der Waals surface area contributed by atoms with E-state index >= 15 is 0 Å². The summed E-state index contributed by atoms with van der Waals surface area (Å²) in [6.45, 7) is 0. The lowest BCUT2D eigenvalue weighted by Crippen LogP contribution is -2.24. The topological polar surface area (TPSA) is 73.4 Å². The van der Waals surface area contributed by atoms with Gasteiger partial charge >= 0.3 is 5.69 Å². The van der Waals surface area contributed by atoms with Crippen LogP contribution in [0.2, 0.25) is 0 Å². The van der Waals surface area contributed by atoms with Gasteiger partial charge in [0, 0.05) is 31.9 Å². The number of aromatic nitrogens is 6. The molecular weight excluding hydrogens is 407 g/mol. The number of nitrogens with zero attached hydrogens (tertiary/aromatic N) is 5. The van der Waals surface area contributed by atoms with Gasteiger partial charge in [0.1, 0.15) is 5.65 Å². The van der Waals surface area contributed by atoms with Crippen molar-refractivity contribution in [3.8, 4) is 22.4 Å². The maximum atomic E-state index is 14.8. The molecule has 6 rings (SSSR count). The largest absolute Gasteiger partial charge is 0.338 e. The van der Waals surface area contributed by atoms with Crippen molar-refractivity contribution in [2.75, 3.05) is 0 Å². The lowest BCUT2D eigenvalue weighted by atomic mass is 9.99. The first-order valence-corrected chi connectivity index (χ1v) is 10.9. The van der Waals surface area contributed by atoms with Crippen LogP contribution in [0.5, 0.6) is 0 Å². The molecule has 0 amide bonds. The highest BCUT2D eigenvalue weighted by molar-refractivity contribution is 6.14. The third kappa shape index (κ3) is 2.62. The van der Waals surface area contributed by atoms with Crippen molar-refractivity contribution in [2.45, 2.75) is 31.7 Å². The van der Waals surface area contributed by atoms with Gasteiger partial charge in [0.15, 0.2) is 0 Å². The smallest absolute Gasteiger partial charge is 0.329 e. The van der Waals surface area contributed by atoms with Gasteiger partial charge in [-0.25, -0.2) is 9.78 Å². The van der Waals surface area contributed by atoms with Gasteiger partial charge in [-0.3, -0.25) is 13.8 Å². The number of H-pyrrole nitrogens is 1. The minimum absolute atomic E-state index is 0.0319. The molecule has 5 aromatic rings. The summed E-state index contributed by atoms with van der Waals surface area (Å²) in [7, 11) is 3.49. The second-order valence-electron chi connectivity index (χ2n) is 8.61. The van der Waals surface area contributed by atoms with Crippen LogP contribution in [0.3, 0.4) is 0 Å². The van der Waals surface area contributed by atoms with Gasteiger partial charge in [-0.1, -0.05) is 43.2 Å². The zero-order chi connectivity index (χ0) is 22.0. The number of hydrogen-bond acceptors (Lipinski definition) is 3. The first-order chi connectivity index (χ1) is 15.5. The summed E-state index contributed by atoms with van der Waals surface area (Å²) in [5.74, 6) is -0.547. The number of fused-ring (bicyclic) bond motifs is 3. The third-order valence-corrected chi connectivity index (χ3v) is 6.68. The van der Waals surface area contributed by atoms with Crippen molar-refractivity contribution in [3.05, 3.63) is 59.2 Å². The van der Waals surface area contributed by atoms with Crippen molar-refractivity contribution in [1.29, 1.82) is 0 Å². The van der Waals surface area contributed by atoms with Gasteiger partial charge in [0.25, 0.3) is 0 Å². The molecular formula is C24H23FN6O. The number of imidazole rings is 1. The van der Waals surface area contributed by atoms with Crippen molar-refractivity contribution in [3.63, 3.8) is 0 Å². The highest BCUT2D eigenvalue weighted by atomic mass is 19.1. The number of aromatic amines is 1. The van der Waals surface area contributed by atoms with E-state index in [1.165, 1.54) is 4.68 Å². The lowest BCUT2D eigenvalue weighted by Gasteiger charge is -2.12. The zero-order valence-electron chi connectivity index (χ0n) is 18.0. The summed E-state index contributed by atoms with van der Waals surface area (Å²) in [5, 5.41) is 4.75. The van der Waals surface area contributed by atoms with E-state index in [1.54, 1.807) is 31.1 Å². The Morgan fingerprint density at radius 3 is 2.56 bits per heavy atom. The van der Waals surface area contributed by atoms with Crippen molar-refractivity contribution >= 4 is 22.1 Å². The second-order valence-corrected chi connectivity index (χ2v) is 8.61. The normalized spacial score (nSPS) is 14.8. The third-order valence-electron chi connectivity index (χ3n) is 6.68. The lowest BCUT2D eigenvalue weighted by molar-refractivity contribution is 0.510. The molecule has 4 aromatic heterocycles. The van der Waals surface area contributed by atoms with Crippen LogP contribution in [0, 0.1) is 5.95 Å². The SMILES string of the molecule is Cn1cc(-c2[nH]c3ncc4c(c3c2-c2ccccc2)n(C2CCCC2)c(=O)n4C)c(F)n1. The summed E-state index contributed by atoms with van der Waals surface area (Å²) >= 11 is 0. The zero-order valence-corrected chi connectivity index (χ0v) is 18.0. The number of halogens is 1. The highest BCUT2D eigenvalue weighted by Gasteiger charge is 2.28. The molecule has 1 fully saturated rings. The van der Waals surface area contributed by atoms with E-state index in [0.29, 0.717) is 16.9 Å². The fourth-order valence-corrected chi connectivity index (χ4v) is 5.20. The predicted octanol–water partition coefficient (Wildman–Crippen LogP) is 4.54. The highest BCUT2D eigenvalue weighted by Crippen LogP contribution is 2.42. The van der Waals surface area contributed by atoms with Gasteiger partial charge < -0.3 is 4.98 Å². The van der Waals surface area contributed by atoms with Crippen LogP contribution in [0.1, 0.15) is 31.7 Å². The van der Waals surface area contributed by atoms with E-state index in [0.717, 1.165) is 53.2 Å². The number of nitrogens with one attached hydrogen (secondary N) is 1. The molecule has 1 aromatic carbocycles. The van der Waals surface area contributed by atoms with Gasteiger partial charge in [0.2, 0.25) is 5.95 Å². The molecule has 162 valence electrons. The van der Waals surface area contributed by atoms with Gasteiger partial charge in [-0.2, -0.15) is 4.39 Å². The minimum Gasteiger partial charge on any atom is -0.338 e. The summed E-state index contributed by atoms with van der Waals surface area (Å²) in [5.41, 5.74) is 5.00. The summed E-state index contributed by atoms with van der Waals surface area (Å²) in [6.07, 6.45) is 7.60. The summed E-state index contributed by atoms with van der Waals surface area (Å²) < 4.78 is 19.9. The monoisotopic (exact) mass is 430 g/mol. The van der Waals surface area contributed by atoms with E-state index in [1.807, 2.05) is 34.9 Å². The molecule has 0 bridgehead atoms. The van der Waals surface area contributed by atoms with Crippen molar-refractivity contribution in [2.24, 2.45) is 14.1 Å². The van der Waals surface area contributed by atoms with E-state index in [-0.39, 0.29) is 11.7 Å². The molecule has 0 aliphatic heterocycles. The number of hydrogen-bond donors (Lipinski definition) is 1. The molecule has 0 saturated heterocycles. The summed E-state index contributed by atoms with van der Waals surface area (Å²) in [6, 6.07) is 10.0. The quantitative estimate of drug-likeness (QED) is 0.457.